The van der Waals surface area contributed by atoms with Gasteiger partial charge in [-0.05, 0) is 18.6 Å². The van der Waals surface area contributed by atoms with Crippen molar-refractivity contribution >= 4 is 17.6 Å². The van der Waals surface area contributed by atoms with Crippen molar-refractivity contribution in [3.63, 3.8) is 0 Å². The number of carbonyl (C=O) groups is 1. The van der Waals surface area contributed by atoms with Crippen LogP contribution in [-0.2, 0) is 4.74 Å². The molecule has 0 atom stereocenters. The quantitative estimate of drug-likeness (QED) is 0.655. The van der Waals surface area contributed by atoms with Crippen molar-refractivity contribution in [2.24, 2.45) is 0 Å². The smallest absolute Gasteiger partial charge is 0.342 e. The summed E-state index contributed by atoms with van der Waals surface area (Å²) in [6, 6.07) is 2.69. The van der Waals surface area contributed by atoms with Gasteiger partial charge in [0.1, 0.15) is 11.4 Å². The number of aryl methyl sites for hydroxylation is 1. The summed E-state index contributed by atoms with van der Waals surface area (Å²) in [5.74, 6) is -1.42. The molecular weight excluding hydrogens is 195 g/mol. The lowest BCUT2D eigenvalue weighted by molar-refractivity contribution is 0.0595. The maximum absolute atomic E-state index is 13.1. The SMILES string of the molecule is COC(=O)c1c(F)ccc(C)c1Cl. The third kappa shape index (κ3) is 1.80. The molecule has 1 aromatic rings. The maximum atomic E-state index is 13.1. The monoisotopic (exact) mass is 202 g/mol. The summed E-state index contributed by atoms with van der Waals surface area (Å²) < 4.78 is 17.5. The Bertz CT molecular complexity index is 350. The Kier molecular flexibility index (Phi) is 2.88. The van der Waals surface area contributed by atoms with Gasteiger partial charge in [-0.15, -0.1) is 0 Å². The van der Waals surface area contributed by atoms with Gasteiger partial charge in [-0.2, -0.15) is 0 Å². The molecule has 0 fully saturated rings. The van der Waals surface area contributed by atoms with Crippen molar-refractivity contribution in [3.05, 3.63) is 34.1 Å². The standard InChI is InChI=1S/C9H8ClFO2/c1-5-3-4-6(11)7(8(5)10)9(12)13-2/h3-4H,1-2H3. The van der Waals surface area contributed by atoms with Gasteiger partial charge in [-0.25, -0.2) is 9.18 Å². The third-order valence-electron chi connectivity index (χ3n) is 1.67. The van der Waals surface area contributed by atoms with Crippen molar-refractivity contribution in [2.45, 2.75) is 6.92 Å². The van der Waals surface area contributed by atoms with Crippen LogP contribution >= 0.6 is 11.6 Å². The van der Waals surface area contributed by atoms with E-state index >= 15 is 0 Å². The second kappa shape index (κ2) is 3.75. The van der Waals surface area contributed by atoms with Crippen LogP contribution in [0.15, 0.2) is 12.1 Å². The lowest BCUT2D eigenvalue weighted by Crippen LogP contribution is -2.06. The van der Waals surface area contributed by atoms with E-state index < -0.39 is 11.8 Å². The summed E-state index contributed by atoms with van der Waals surface area (Å²) in [7, 11) is 1.18. The predicted octanol–water partition coefficient (Wildman–Crippen LogP) is 2.57. The molecule has 0 spiro atoms. The molecule has 1 rings (SSSR count). The zero-order valence-corrected chi connectivity index (χ0v) is 7.98. The van der Waals surface area contributed by atoms with Gasteiger partial charge in [-0.1, -0.05) is 17.7 Å². The minimum absolute atomic E-state index is 0.104. The zero-order valence-electron chi connectivity index (χ0n) is 7.23. The van der Waals surface area contributed by atoms with Gasteiger partial charge in [0, 0.05) is 0 Å². The van der Waals surface area contributed by atoms with E-state index in [2.05, 4.69) is 4.74 Å². The highest BCUT2D eigenvalue weighted by atomic mass is 35.5. The highest BCUT2D eigenvalue weighted by Crippen LogP contribution is 2.23. The van der Waals surface area contributed by atoms with Gasteiger partial charge in [0.15, 0.2) is 0 Å². The molecule has 13 heavy (non-hydrogen) atoms. The number of methoxy groups -OCH3 is 1. The van der Waals surface area contributed by atoms with E-state index in [4.69, 9.17) is 11.6 Å². The van der Waals surface area contributed by atoms with Gasteiger partial charge in [0.25, 0.3) is 0 Å². The number of esters is 1. The summed E-state index contributed by atoms with van der Waals surface area (Å²) in [5, 5.41) is 0.104. The summed E-state index contributed by atoms with van der Waals surface area (Å²) >= 11 is 5.73. The molecule has 4 heteroatoms. The van der Waals surface area contributed by atoms with Gasteiger partial charge < -0.3 is 4.74 Å². The van der Waals surface area contributed by atoms with Crippen LogP contribution in [0.1, 0.15) is 15.9 Å². The fraction of sp³-hybridized carbons (Fsp3) is 0.222. The molecule has 1 aromatic carbocycles. The van der Waals surface area contributed by atoms with E-state index in [1.807, 2.05) is 0 Å². The molecule has 0 heterocycles. The molecule has 0 saturated heterocycles. The zero-order chi connectivity index (χ0) is 10.0. The molecular formula is C9H8ClFO2. The van der Waals surface area contributed by atoms with Crippen molar-refractivity contribution in [3.8, 4) is 0 Å². The van der Waals surface area contributed by atoms with Crippen LogP contribution in [0.5, 0.6) is 0 Å². The lowest BCUT2D eigenvalue weighted by atomic mass is 10.1. The van der Waals surface area contributed by atoms with E-state index in [1.54, 1.807) is 6.92 Å². The van der Waals surface area contributed by atoms with Crippen LogP contribution < -0.4 is 0 Å². The average Bonchev–Trinajstić information content (AvgIpc) is 2.12. The topological polar surface area (TPSA) is 26.3 Å². The predicted molar refractivity (Wildman–Crippen MR) is 47.5 cm³/mol. The number of hydrogen-bond acceptors (Lipinski definition) is 2. The number of carbonyl (C=O) groups excluding carboxylic acids is 1. The van der Waals surface area contributed by atoms with E-state index in [9.17, 15) is 9.18 Å². The van der Waals surface area contributed by atoms with E-state index in [0.717, 1.165) is 0 Å². The average molecular weight is 203 g/mol. The summed E-state index contributed by atoms with van der Waals surface area (Å²) in [5.41, 5.74) is 0.438. The lowest BCUT2D eigenvalue weighted by Gasteiger charge is -2.05. The number of ether oxygens (including phenoxy) is 1. The third-order valence-corrected chi connectivity index (χ3v) is 2.16. The van der Waals surface area contributed by atoms with Gasteiger partial charge in [0.2, 0.25) is 0 Å². The first kappa shape index (κ1) is 9.99. The summed E-state index contributed by atoms with van der Waals surface area (Å²) in [4.78, 5) is 11.1. The molecule has 2 nitrogen and oxygen atoms in total. The van der Waals surface area contributed by atoms with Crippen molar-refractivity contribution in [1.82, 2.24) is 0 Å². The number of hydrogen-bond donors (Lipinski definition) is 0. The first-order chi connectivity index (χ1) is 6.07. The first-order valence-corrected chi connectivity index (χ1v) is 3.98. The highest BCUT2D eigenvalue weighted by Gasteiger charge is 2.17. The van der Waals surface area contributed by atoms with Crippen molar-refractivity contribution in [2.75, 3.05) is 7.11 Å². The first-order valence-electron chi connectivity index (χ1n) is 3.61. The van der Waals surface area contributed by atoms with Crippen molar-refractivity contribution < 1.29 is 13.9 Å². The second-order valence-corrected chi connectivity index (χ2v) is 2.92. The Labute approximate surface area is 80.3 Å². The maximum Gasteiger partial charge on any atom is 0.342 e. The second-order valence-electron chi connectivity index (χ2n) is 2.54. The Hall–Kier alpha value is -1.09. The van der Waals surface area contributed by atoms with Crippen LogP contribution in [0.25, 0.3) is 0 Å². The van der Waals surface area contributed by atoms with Gasteiger partial charge >= 0.3 is 5.97 Å². The van der Waals surface area contributed by atoms with Crippen LogP contribution in [0, 0.1) is 12.7 Å². The van der Waals surface area contributed by atoms with E-state index in [-0.39, 0.29) is 10.6 Å². The molecule has 0 N–H and O–H groups in total. The number of rotatable bonds is 1. The van der Waals surface area contributed by atoms with Crippen LogP contribution in [-0.4, -0.2) is 13.1 Å². The molecule has 0 unspecified atom stereocenters. The molecule has 70 valence electrons. The summed E-state index contributed by atoms with van der Waals surface area (Å²) in [6.07, 6.45) is 0. The number of benzene rings is 1. The number of halogens is 2. The Morgan fingerprint density at radius 3 is 2.69 bits per heavy atom. The molecule has 0 aliphatic rings. The molecule has 0 radical (unpaired) electrons. The Morgan fingerprint density at radius 1 is 1.54 bits per heavy atom. The minimum atomic E-state index is -0.758. The molecule has 0 aliphatic carbocycles. The summed E-state index contributed by atoms with van der Waals surface area (Å²) in [6.45, 7) is 1.69. The molecule has 0 aromatic heterocycles. The minimum Gasteiger partial charge on any atom is -0.465 e. The van der Waals surface area contributed by atoms with Gasteiger partial charge in [-0.3, -0.25) is 0 Å². The molecule has 0 saturated carbocycles. The van der Waals surface area contributed by atoms with E-state index in [1.165, 1.54) is 19.2 Å². The normalized spacial score (nSPS) is 9.85. The van der Waals surface area contributed by atoms with Crippen LogP contribution in [0.3, 0.4) is 0 Å². The fourth-order valence-electron chi connectivity index (χ4n) is 0.946. The Balaban J connectivity index is 3.33. The highest BCUT2D eigenvalue weighted by molar-refractivity contribution is 6.34. The van der Waals surface area contributed by atoms with Crippen LogP contribution in [0.2, 0.25) is 5.02 Å². The fourth-order valence-corrected chi connectivity index (χ4v) is 1.18. The van der Waals surface area contributed by atoms with Gasteiger partial charge in [0.05, 0.1) is 12.1 Å². The molecule has 0 bridgehead atoms. The van der Waals surface area contributed by atoms with E-state index in [0.29, 0.717) is 5.56 Å². The van der Waals surface area contributed by atoms with Crippen molar-refractivity contribution in [1.29, 1.82) is 0 Å². The van der Waals surface area contributed by atoms with Crippen LogP contribution in [0.4, 0.5) is 4.39 Å². The Morgan fingerprint density at radius 2 is 2.15 bits per heavy atom. The molecule has 0 amide bonds. The largest absolute Gasteiger partial charge is 0.465 e. The molecule has 0 aliphatic heterocycles.